The number of likely N-dealkylation sites (tertiary alicyclic amines) is 1. The van der Waals surface area contributed by atoms with E-state index in [1.165, 1.54) is 6.26 Å². The number of hydrogen-bond donors (Lipinski definition) is 3. The highest BCUT2D eigenvalue weighted by atomic mass is 16.5. The first-order valence-corrected chi connectivity index (χ1v) is 12.8. The first-order valence-electron chi connectivity index (χ1n) is 12.8. The summed E-state index contributed by atoms with van der Waals surface area (Å²) in [6.07, 6.45) is 3.73. The van der Waals surface area contributed by atoms with Gasteiger partial charge in [-0.3, -0.25) is 14.4 Å². The molecule has 4 rings (SSSR count). The van der Waals surface area contributed by atoms with Crippen LogP contribution < -0.4 is 15.4 Å². The molecule has 1 aliphatic carbocycles. The van der Waals surface area contributed by atoms with Crippen LogP contribution in [0.2, 0.25) is 0 Å². The Kier molecular flexibility index (Phi) is 7.37. The number of carboxylic acids is 1. The molecule has 1 aromatic heterocycles. The van der Waals surface area contributed by atoms with Crippen molar-refractivity contribution in [2.24, 2.45) is 5.41 Å². The van der Waals surface area contributed by atoms with Gasteiger partial charge in [0.05, 0.1) is 18.8 Å². The third-order valence-corrected chi connectivity index (χ3v) is 7.49. The van der Waals surface area contributed by atoms with E-state index in [4.69, 9.17) is 9.15 Å². The Labute approximate surface area is 217 Å². The monoisotopic (exact) mass is 511 g/mol. The van der Waals surface area contributed by atoms with Crippen molar-refractivity contribution in [3.63, 3.8) is 0 Å². The number of furan rings is 1. The highest BCUT2D eigenvalue weighted by Gasteiger charge is 2.52. The van der Waals surface area contributed by atoms with Crippen molar-refractivity contribution >= 4 is 17.8 Å². The smallest absolute Gasteiger partial charge is 0.311 e. The van der Waals surface area contributed by atoms with Crippen molar-refractivity contribution in [3.8, 4) is 16.9 Å². The van der Waals surface area contributed by atoms with Crippen LogP contribution in [0.5, 0.6) is 5.75 Å². The van der Waals surface area contributed by atoms with E-state index in [0.29, 0.717) is 25.8 Å². The fourth-order valence-corrected chi connectivity index (χ4v) is 5.66. The molecule has 1 aromatic carbocycles. The summed E-state index contributed by atoms with van der Waals surface area (Å²) in [5.74, 6) is -0.775. The van der Waals surface area contributed by atoms with Gasteiger partial charge < -0.3 is 29.8 Å². The molecule has 3 N–H and O–H groups in total. The molecule has 1 saturated carbocycles. The number of carbonyl (C=O) groups excluding carboxylic acids is 2. The SMILES string of the molecule is COc1ccc(-c2coc(C(=O)N[C@H]3CCN([C@H]4CC[C@@H](NC(C)(C)C)C[C@@]4(C)C(=O)O)C3=O)c2)cc1. The zero-order valence-electron chi connectivity index (χ0n) is 22.2. The second kappa shape index (κ2) is 10.2. The summed E-state index contributed by atoms with van der Waals surface area (Å²) in [4.78, 5) is 40.3. The molecule has 0 radical (unpaired) electrons. The maximum absolute atomic E-state index is 13.3. The highest BCUT2D eigenvalue weighted by molar-refractivity contribution is 5.97. The number of methoxy groups -OCH3 is 1. The predicted octanol–water partition coefficient (Wildman–Crippen LogP) is 3.69. The Morgan fingerprint density at radius 3 is 2.46 bits per heavy atom. The van der Waals surface area contributed by atoms with Crippen LogP contribution in [0, 0.1) is 5.41 Å². The topological polar surface area (TPSA) is 121 Å². The minimum Gasteiger partial charge on any atom is -0.497 e. The van der Waals surface area contributed by atoms with Crippen molar-refractivity contribution in [1.82, 2.24) is 15.5 Å². The highest BCUT2D eigenvalue weighted by Crippen LogP contribution is 2.41. The predicted molar refractivity (Wildman–Crippen MR) is 138 cm³/mol. The van der Waals surface area contributed by atoms with E-state index >= 15 is 0 Å². The maximum atomic E-state index is 13.3. The fraction of sp³-hybridized carbons (Fsp3) is 0.536. The van der Waals surface area contributed by atoms with Crippen LogP contribution in [0.4, 0.5) is 0 Å². The van der Waals surface area contributed by atoms with Gasteiger partial charge in [-0.1, -0.05) is 12.1 Å². The number of carboxylic acid groups (broad SMARTS) is 1. The van der Waals surface area contributed by atoms with E-state index in [-0.39, 0.29) is 23.2 Å². The second-order valence-electron chi connectivity index (χ2n) is 11.4. The minimum absolute atomic E-state index is 0.0596. The number of nitrogens with zero attached hydrogens (tertiary/aromatic N) is 1. The normalized spacial score (nSPS) is 26.2. The second-order valence-corrected chi connectivity index (χ2v) is 11.4. The first-order chi connectivity index (χ1) is 17.4. The van der Waals surface area contributed by atoms with Gasteiger partial charge in [0.1, 0.15) is 11.8 Å². The molecular formula is C28H37N3O6. The van der Waals surface area contributed by atoms with E-state index in [1.807, 2.05) is 24.3 Å². The molecule has 9 heteroatoms. The van der Waals surface area contributed by atoms with Crippen molar-refractivity contribution < 1.29 is 28.6 Å². The number of carbonyl (C=O) groups is 3. The zero-order chi connectivity index (χ0) is 27.0. The van der Waals surface area contributed by atoms with Crippen molar-refractivity contribution in [1.29, 1.82) is 0 Å². The van der Waals surface area contributed by atoms with E-state index in [2.05, 4.69) is 31.4 Å². The number of aliphatic carboxylic acids is 1. The van der Waals surface area contributed by atoms with Crippen molar-refractivity contribution in [2.75, 3.05) is 13.7 Å². The molecule has 0 spiro atoms. The lowest BCUT2D eigenvalue weighted by Crippen LogP contribution is -2.59. The van der Waals surface area contributed by atoms with Gasteiger partial charge in [0.25, 0.3) is 5.91 Å². The zero-order valence-corrected chi connectivity index (χ0v) is 22.2. The fourth-order valence-electron chi connectivity index (χ4n) is 5.66. The summed E-state index contributed by atoms with van der Waals surface area (Å²) in [7, 11) is 1.60. The van der Waals surface area contributed by atoms with Gasteiger partial charge in [-0.25, -0.2) is 0 Å². The van der Waals surface area contributed by atoms with Crippen LogP contribution in [-0.2, 0) is 9.59 Å². The van der Waals surface area contributed by atoms with Gasteiger partial charge in [0, 0.05) is 29.7 Å². The molecule has 9 nitrogen and oxygen atoms in total. The Balaban J connectivity index is 1.42. The van der Waals surface area contributed by atoms with Crippen LogP contribution in [0.1, 0.15) is 63.9 Å². The van der Waals surface area contributed by atoms with Gasteiger partial charge in [0.15, 0.2) is 5.76 Å². The molecule has 2 amide bonds. The van der Waals surface area contributed by atoms with Gasteiger partial charge in [0.2, 0.25) is 5.91 Å². The average Bonchev–Trinajstić information content (AvgIpc) is 3.46. The lowest BCUT2D eigenvalue weighted by molar-refractivity contribution is -0.158. The summed E-state index contributed by atoms with van der Waals surface area (Å²) < 4.78 is 10.7. The van der Waals surface area contributed by atoms with Crippen LogP contribution in [0.15, 0.2) is 41.0 Å². The molecular weight excluding hydrogens is 474 g/mol. The van der Waals surface area contributed by atoms with Crippen LogP contribution in [0.25, 0.3) is 11.1 Å². The summed E-state index contributed by atoms with van der Waals surface area (Å²) in [6, 6.07) is 7.94. The van der Waals surface area contributed by atoms with E-state index in [1.54, 1.807) is 25.0 Å². The number of hydrogen-bond acceptors (Lipinski definition) is 6. The lowest BCUT2D eigenvalue weighted by atomic mass is 9.68. The molecule has 4 atom stereocenters. The Morgan fingerprint density at radius 1 is 1.14 bits per heavy atom. The Bertz CT molecular complexity index is 1150. The quantitative estimate of drug-likeness (QED) is 0.518. The molecule has 2 aromatic rings. The lowest BCUT2D eigenvalue weighted by Gasteiger charge is -2.47. The number of amides is 2. The standard InChI is InChI=1S/C28H37N3O6/c1-27(2,3)30-19-8-11-23(28(4,15-19)26(34)35)31-13-12-21(25(31)33)29-24(32)22-14-18(16-37-22)17-6-9-20(36-5)10-7-17/h6-7,9-10,14,16,19,21,23,30H,8,11-13,15H2,1-5H3,(H,29,32)(H,34,35)/t19-,21+,23+,28-/m1/s1. The summed E-state index contributed by atoms with van der Waals surface area (Å²) in [5, 5.41) is 16.5. The average molecular weight is 512 g/mol. The minimum atomic E-state index is -1.08. The van der Waals surface area contributed by atoms with Crippen LogP contribution in [0.3, 0.4) is 0 Å². The largest absolute Gasteiger partial charge is 0.497 e. The molecule has 1 aliphatic heterocycles. The maximum Gasteiger partial charge on any atom is 0.311 e. The third-order valence-electron chi connectivity index (χ3n) is 7.49. The third kappa shape index (κ3) is 5.66. The Morgan fingerprint density at radius 2 is 1.84 bits per heavy atom. The van der Waals surface area contributed by atoms with Gasteiger partial charge in [-0.2, -0.15) is 0 Å². The first kappa shape index (κ1) is 26.7. The van der Waals surface area contributed by atoms with Gasteiger partial charge in [-0.15, -0.1) is 0 Å². The van der Waals surface area contributed by atoms with Gasteiger partial charge in [-0.05, 0) is 77.1 Å². The molecule has 200 valence electrons. The van der Waals surface area contributed by atoms with Crippen molar-refractivity contribution in [3.05, 3.63) is 42.4 Å². The molecule has 2 aliphatic rings. The van der Waals surface area contributed by atoms with Gasteiger partial charge >= 0.3 is 5.97 Å². The van der Waals surface area contributed by atoms with E-state index in [0.717, 1.165) is 23.3 Å². The summed E-state index contributed by atoms with van der Waals surface area (Å²) in [6.45, 7) is 8.33. The van der Waals surface area contributed by atoms with Crippen LogP contribution >= 0.6 is 0 Å². The van der Waals surface area contributed by atoms with Crippen LogP contribution in [-0.4, -0.2) is 65.1 Å². The van der Waals surface area contributed by atoms with E-state index in [9.17, 15) is 19.5 Å². The summed E-state index contributed by atoms with van der Waals surface area (Å²) in [5.41, 5.74) is 0.403. The van der Waals surface area contributed by atoms with Crippen molar-refractivity contribution in [2.45, 2.75) is 77.0 Å². The molecule has 0 unspecified atom stereocenters. The Hall–Kier alpha value is -3.33. The van der Waals surface area contributed by atoms with E-state index < -0.39 is 29.4 Å². The number of rotatable bonds is 7. The number of nitrogens with one attached hydrogen (secondary N) is 2. The molecule has 1 saturated heterocycles. The molecule has 37 heavy (non-hydrogen) atoms. The number of ether oxygens (including phenoxy) is 1. The molecule has 0 bridgehead atoms. The number of benzene rings is 1. The molecule has 2 heterocycles. The molecule has 2 fully saturated rings. The summed E-state index contributed by atoms with van der Waals surface area (Å²) >= 11 is 0.